The van der Waals surface area contributed by atoms with Gasteiger partial charge in [0.15, 0.2) is 5.82 Å². The van der Waals surface area contributed by atoms with Crippen LogP contribution in [0.1, 0.15) is 46.2 Å². The first-order valence-electron chi connectivity index (χ1n) is 10.3. The summed E-state index contributed by atoms with van der Waals surface area (Å²) in [5.74, 6) is -0.395. The van der Waals surface area contributed by atoms with E-state index in [2.05, 4.69) is 24.0 Å². The van der Waals surface area contributed by atoms with Crippen molar-refractivity contribution in [1.82, 2.24) is 14.8 Å². The molecule has 4 heterocycles. The van der Waals surface area contributed by atoms with Crippen LogP contribution in [0.3, 0.4) is 0 Å². The SMILES string of the molecule is Cc1sc2c(c1C)C(c1ccc(-c3ccoc3)cc1)=NC([C@H](C)C(=O)O)c1nnc(C)n1-2. The van der Waals surface area contributed by atoms with Crippen molar-refractivity contribution in [3.8, 4) is 16.1 Å². The summed E-state index contributed by atoms with van der Waals surface area (Å²) >= 11 is 1.66. The van der Waals surface area contributed by atoms with Crippen molar-refractivity contribution >= 4 is 23.0 Å². The molecule has 0 fully saturated rings. The number of carboxylic acids is 1. The van der Waals surface area contributed by atoms with Gasteiger partial charge in [0.1, 0.15) is 16.9 Å². The Hall–Kier alpha value is -3.52. The number of aryl methyl sites for hydroxylation is 2. The fourth-order valence-electron chi connectivity index (χ4n) is 4.07. The number of furan rings is 1. The first-order chi connectivity index (χ1) is 15.4. The number of aliphatic imine (C=N–C) groups is 1. The number of nitrogens with zero attached hydrogens (tertiary/aromatic N) is 4. The molecule has 0 aliphatic carbocycles. The van der Waals surface area contributed by atoms with Crippen molar-refractivity contribution in [2.24, 2.45) is 10.9 Å². The average molecular weight is 447 g/mol. The van der Waals surface area contributed by atoms with Crippen LogP contribution >= 0.6 is 11.3 Å². The Morgan fingerprint density at radius 3 is 2.47 bits per heavy atom. The molecule has 0 bridgehead atoms. The van der Waals surface area contributed by atoms with Gasteiger partial charge >= 0.3 is 5.97 Å². The van der Waals surface area contributed by atoms with Crippen molar-refractivity contribution < 1.29 is 14.3 Å². The normalized spacial score (nSPS) is 16.1. The Bertz CT molecular complexity index is 1350. The lowest BCUT2D eigenvalue weighted by Crippen LogP contribution is -2.21. The molecule has 1 aromatic carbocycles. The van der Waals surface area contributed by atoms with E-state index in [1.807, 2.05) is 41.8 Å². The molecule has 32 heavy (non-hydrogen) atoms. The second-order valence-corrected chi connectivity index (χ2v) is 9.25. The van der Waals surface area contributed by atoms with Crippen LogP contribution in [0.5, 0.6) is 0 Å². The third kappa shape index (κ3) is 3.10. The monoisotopic (exact) mass is 446 g/mol. The molecule has 7 nitrogen and oxygen atoms in total. The highest BCUT2D eigenvalue weighted by Crippen LogP contribution is 2.40. The average Bonchev–Trinajstić information content (AvgIpc) is 3.48. The van der Waals surface area contributed by atoms with E-state index in [1.54, 1.807) is 30.8 Å². The van der Waals surface area contributed by atoms with Crippen molar-refractivity contribution in [3.63, 3.8) is 0 Å². The number of fused-ring (bicyclic) bond motifs is 3. The van der Waals surface area contributed by atoms with E-state index in [4.69, 9.17) is 9.41 Å². The van der Waals surface area contributed by atoms with Crippen LogP contribution in [0.25, 0.3) is 16.1 Å². The number of hydrogen-bond acceptors (Lipinski definition) is 6. The van der Waals surface area contributed by atoms with Crippen LogP contribution in [-0.2, 0) is 4.79 Å². The first-order valence-corrected chi connectivity index (χ1v) is 11.1. The maximum atomic E-state index is 11.9. The number of thiophene rings is 1. The fraction of sp³-hybridized carbons (Fsp3) is 0.250. The van der Waals surface area contributed by atoms with Crippen LogP contribution in [0.4, 0.5) is 0 Å². The molecule has 1 aliphatic heterocycles. The molecule has 1 N–H and O–H groups in total. The number of aliphatic carboxylic acids is 1. The molecular formula is C24H22N4O3S. The number of carbonyl (C=O) groups is 1. The molecule has 162 valence electrons. The second kappa shape index (κ2) is 7.56. The molecule has 2 atom stereocenters. The van der Waals surface area contributed by atoms with Gasteiger partial charge in [-0.25, -0.2) is 0 Å². The van der Waals surface area contributed by atoms with Gasteiger partial charge in [-0.3, -0.25) is 14.4 Å². The van der Waals surface area contributed by atoms with E-state index in [0.29, 0.717) is 5.82 Å². The molecule has 8 heteroatoms. The van der Waals surface area contributed by atoms with Crippen LogP contribution in [0, 0.1) is 26.7 Å². The maximum absolute atomic E-state index is 11.9. The molecule has 0 saturated heterocycles. The largest absolute Gasteiger partial charge is 0.481 e. The summed E-state index contributed by atoms with van der Waals surface area (Å²) in [4.78, 5) is 18.2. The third-order valence-electron chi connectivity index (χ3n) is 6.07. The van der Waals surface area contributed by atoms with E-state index in [1.165, 1.54) is 4.88 Å². The van der Waals surface area contributed by atoms with Crippen LogP contribution in [0.15, 0.2) is 52.3 Å². The van der Waals surface area contributed by atoms with Gasteiger partial charge in [0.2, 0.25) is 0 Å². The predicted octanol–water partition coefficient (Wildman–Crippen LogP) is 5.13. The molecule has 0 spiro atoms. The molecule has 4 aromatic rings. The molecule has 3 aromatic heterocycles. The van der Waals surface area contributed by atoms with E-state index in [0.717, 1.165) is 44.4 Å². The van der Waals surface area contributed by atoms with Gasteiger partial charge < -0.3 is 9.52 Å². The fourth-order valence-corrected chi connectivity index (χ4v) is 5.28. The molecular weight excluding hydrogens is 424 g/mol. The lowest BCUT2D eigenvalue weighted by Gasteiger charge is -2.16. The Morgan fingerprint density at radius 1 is 1.09 bits per heavy atom. The molecule has 0 radical (unpaired) electrons. The molecule has 5 rings (SSSR count). The summed E-state index contributed by atoms with van der Waals surface area (Å²) in [7, 11) is 0. The topological polar surface area (TPSA) is 93.5 Å². The van der Waals surface area contributed by atoms with Gasteiger partial charge in [-0.05, 0) is 44.9 Å². The van der Waals surface area contributed by atoms with Crippen molar-refractivity contribution in [1.29, 1.82) is 0 Å². The van der Waals surface area contributed by atoms with Gasteiger partial charge in [0, 0.05) is 21.6 Å². The third-order valence-corrected chi connectivity index (χ3v) is 7.26. The summed E-state index contributed by atoms with van der Waals surface area (Å²) < 4.78 is 7.18. The zero-order valence-corrected chi connectivity index (χ0v) is 19.0. The Morgan fingerprint density at radius 2 is 1.81 bits per heavy atom. The summed E-state index contributed by atoms with van der Waals surface area (Å²) in [6.45, 7) is 7.73. The van der Waals surface area contributed by atoms with Gasteiger partial charge in [-0.2, -0.15) is 0 Å². The summed E-state index contributed by atoms with van der Waals surface area (Å²) in [5, 5.41) is 19.4. The van der Waals surface area contributed by atoms with Gasteiger partial charge in [-0.15, -0.1) is 21.5 Å². The molecule has 1 aliphatic rings. The van der Waals surface area contributed by atoms with Crippen LogP contribution in [-0.4, -0.2) is 31.6 Å². The zero-order valence-electron chi connectivity index (χ0n) is 18.2. The minimum Gasteiger partial charge on any atom is -0.481 e. The minimum atomic E-state index is -0.918. The van der Waals surface area contributed by atoms with E-state index >= 15 is 0 Å². The summed E-state index contributed by atoms with van der Waals surface area (Å²) in [5.41, 5.74) is 5.89. The zero-order chi connectivity index (χ0) is 22.6. The van der Waals surface area contributed by atoms with E-state index in [9.17, 15) is 9.90 Å². The Kier molecular flexibility index (Phi) is 4.82. The lowest BCUT2D eigenvalue weighted by molar-refractivity contribution is -0.141. The summed E-state index contributed by atoms with van der Waals surface area (Å²) in [6, 6.07) is 9.38. The van der Waals surface area contributed by atoms with Gasteiger partial charge in [0.05, 0.1) is 24.2 Å². The highest BCUT2D eigenvalue weighted by Gasteiger charge is 2.36. The van der Waals surface area contributed by atoms with Gasteiger partial charge in [0.25, 0.3) is 0 Å². The van der Waals surface area contributed by atoms with Gasteiger partial charge in [-0.1, -0.05) is 24.3 Å². The quantitative estimate of drug-likeness (QED) is 0.469. The minimum absolute atomic E-state index is 0.560. The Balaban J connectivity index is 1.74. The molecule has 0 amide bonds. The van der Waals surface area contributed by atoms with Crippen LogP contribution < -0.4 is 0 Å². The number of carboxylic acid groups (broad SMARTS) is 1. The van der Waals surface area contributed by atoms with Crippen molar-refractivity contribution in [2.75, 3.05) is 0 Å². The molecule has 0 saturated carbocycles. The van der Waals surface area contributed by atoms with Crippen molar-refractivity contribution in [2.45, 2.75) is 33.7 Å². The highest BCUT2D eigenvalue weighted by molar-refractivity contribution is 7.15. The number of benzene rings is 1. The smallest absolute Gasteiger partial charge is 0.308 e. The van der Waals surface area contributed by atoms with Crippen molar-refractivity contribution in [3.05, 3.63) is 76.1 Å². The number of hydrogen-bond donors (Lipinski definition) is 1. The number of rotatable bonds is 4. The second-order valence-electron chi connectivity index (χ2n) is 8.04. The first kappa shape index (κ1) is 20.4. The standard InChI is InChI=1S/C24H22N4O3S/c1-12-14(3)32-23-19(12)21(17-7-5-16(6-8-17)18-9-10-31-11-18)25-20(13(2)24(29)30)22-27-26-15(4)28(22)23/h5-11,13,20H,1-4H3,(H,29,30)/t13-,20?/m0/s1. The Labute approximate surface area is 189 Å². The van der Waals surface area contributed by atoms with E-state index < -0.39 is 17.9 Å². The maximum Gasteiger partial charge on any atom is 0.308 e. The van der Waals surface area contributed by atoms with Crippen LogP contribution in [0.2, 0.25) is 0 Å². The highest BCUT2D eigenvalue weighted by atomic mass is 32.1. The predicted molar refractivity (Wildman–Crippen MR) is 123 cm³/mol. The lowest BCUT2D eigenvalue weighted by atomic mass is 9.97. The molecule has 1 unspecified atom stereocenters. The van der Waals surface area contributed by atoms with E-state index in [-0.39, 0.29) is 0 Å². The number of aromatic nitrogens is 3. The summed E-state index contributed by atoms with van der Waals surface area (Å²) in [6.07, 6.45) is 3.36.